The summed E-state index contributed by atoms with van der Waals surface area (Å²) in [5.41, 5.74) is 0.596. The molecule has 0 saturated heterocycles. The Morgan fingerprint density at radius 2 is 2.31 bits per heavy atom. The topological polar surface area (TPSA) is 53.1 Å². The van der Waals surface area contributed by atoms with E-state index in [-0.39, 0.29) is 11.7 Å². The quantitative estimate of drug-likeness (QED) is 0.615. The number of aromatic amines is 1. The number of carbonyl (C=O) groups excluding carboxylic acids is 1. The lowest BCUT2D eigenvalue weighted by Crippen LogP contribution is -2.05. The number of hydrogen-bond donors (Lipinski definition) is 2. The summed E-state index contributed by atoms with van der Waals surface area (Å²) in [7, 11) is 0. The van der Waals surface area contributed by atoms with E-state index in [9.17, 15) is 9.90 Å². The van der Waals surface area contributed by atoms with Crippen LogP contribution >= 0.6 is 39.5 Å². The largest absolute Gasteiger partial charge is 0.494 e. The van der Waals surface area contributed by atoms with Crippen LogP contribution in [0.5, 0.6) is 5.88 Å². The van der Waals surface area contributed by atoms with Gasteiger partial charge in [0.2, 0.25) is 5.88 Å². The Morgan fingerprint density at radius 3 is 2.94 bits per heavy atom. The SMILES string of the molecule is O=C1CCC(Br)=C/C1=C\c1sc(=S)[nH]c1O. The molecular weight excluding hydrogens is 310 g/mol. The van der Waals surface area contributed by atoms with E-state index in [2.05, 4.69) is 20.9 Å². The molecule has 2 rings (SSSR count). The molecule has 1 aliphatic carbocycles. The standard InChI is InChI=1S/C10H8BrNO2S2/c11-6-1-2-7(13)5(3-6)4-8-9(14)12-10(15)16-8/h3-4,14H,1-2H2,(H,12,15)/b5-4+. The minimum Gasteiger partial charge on any atom is -0.494 e. The lowest BCUT2D eigenvalue weighted by Gasteiger charge is -2.08. The number of nitrogens with one attached hydrogen (secondary N) is 1. The van der Waals surface area contributed by atoms with Crippen LogP contribution in [0.25, 0.3) is 6.08 Å². The second kappa shape index (κ2) is 4.65. The van der Waals surface area contributed by atoms with Crippen LogP contribution in [0.4, 0.5) is 0 Å². The number of Topliss-reactive ketones (excluding diaryl/α,β-unsaturated/α-hetero) is 1. The van der Waals surface area contributed by atoms with E-state index < -0.39 is 0 Å². The van der Waals surface area contributed by atoms with E-state index in [1.807, 2.05) is 0 Å². The van der Waals surface area contributed by atoms with Crippen molar-refractivity contribution in [1.82, 2.24) is 4.98 Å². The number of rotatable bonds is 1. The number of aromatic nitrogens is 1. The first-order chi connectivity index (χ1) is 7.56. The monoisotopic (exact) mass is 317 g/mol. The minimum atomic E-state index is 0.0189. The summed E-state index contributed by atoms with van der Waals surface area (Å²) in [6.07, 6.45) is 4.69. The van der Waals surface area contributed by atoms with Gasteiger partial charge in [-0.3, -0.25) is 4.79 Å². The van der Waals surface area contributed by atoms with Crippen LogP contribution in [0, 0.1) is 3.95 Å². The van der Waals surface area contributed by atoms with E-state index in [4.69, 9.17) is 12.2 Å². The molecule has 0 spiro atoms. The van der Waals surface area contributed by atoms with Gasteiger partial charge in [-0.25, -0.2) is 0 Å². The number of H-pyrrole nitrogens is 1. The first kappa shape index (κ1) is 11.8. The molecule has 0 amide bonds. The summed E-state index contributed by atoms with van der Waals surface area (Å²) < 4.78 is 1.49. The number of thiazole rings is 1. The van der Waals surface area contributed by atoms with E-state index in [1.165, 1.54) is 11.3 Å². The van der Waals surface area contributed by atoms with Gasteiger partial charge in [-0.15, -0.1) is 11.3 Å². The molecule has 1 aromatic heterocycles. The Balaban J connectivity index is 2.43. The number of halogens is 1. The van der Waals surface area contributed by atoms with Crippen molar-refractivity contribution in [2.45, 2.75) is 12.8 Å². The van der Waals surface area contributed by atoms with Crippen LogP contribution in [0.2, 0.25) is 0 Å². The molecule has 3 nitrogen and oxygen atoms in total. The molecule has 0 radical (unpaired) electrons. The smallest absolute Gasteiger partial charge is 0.207 e. The van der Waals surface area contributed by atoms with Crippen LogP contribution in [-0.4, -0.2) is 15.9 Å². The summed E-state index contributed by atoms with van der Waals surface area (Å²) in [4.78, 5) is 14.8. The Hall–Kier alpha value is -0.720. The van der Waals surface area contributed by atoms with Crippen LogP contribution in [0.3, 0.4) is 0 Å². The lowest BCUT2D eigenvalue weighted by molar-refractivity contribution is -0.115. The highest BCUT2D eigenvalue weighted by Gasteiger charge is 2.15. The van der Waals surface area contributed by atoms with Crippen molar-refractivity contribution >= 4 is 51.3 Å². The van der Waals surface area contributed by atoms with E-state index in [0.29, 0.717) is 20.8 Å². The van der Waals surface area contributed by atoms with Crippen LogP contribution in [0.15, 0.2) is 16.1 Å². The van der Waals surface area contributed by atoms with Gasteiger partial charge in [0, 0.05) is 12.0 Å². The summed E-state index contributed by atoms with van der Waals surface area (Å²) in [6, 6.07) is 0. The van der Waals surface area contributed by atoms with Crippen LogP contribution in [-0.2, 0) is 4.79 Å². The molecule has 1 aromatic rings. The van der Waals surface area contributed by atoms with Crippen LogP contribution < -0.4 is 0 Å². The first-order valence-corrected chi connectivity index (χ1v) is 6.61. The fourth-order valence-corrected chi connectivity index (χ4v) is 2.88. The first-order valence-electron chi connectivity index (χ1n) is 4.59. The van der Waals surface area contributed by atoms with E-state index in [0.717, 1.165) is 10.9 Å². The molecule has 6 heteroatoms. The predicted molar refractivity (Wildman–Crippen MR) is 70.4 cm³/mol. The fraction of sp³-hybridized carbons (Fsp3) is 0.200. The zero-order chi connectivity index (χ0) is 11.7. The normalized spacial score (nSPS) is 18.9. The highest BCUT2D eigenvalue weighted by molar-refractivity contribution is 9.11. The van der Waals surface area contributed by atoms with Gasteiger partial charge >= 0.3 is 0 Å². The molecule has 84 valence electrons. The minimum absolute atomic E-state index is 0.0189. The van der Waals surface area contributed by atoms with Gasteiger partial charge in [0.1, 0.15) is 0 Å². The molecule has 0 fully saturated rings. The number of ketones is 1. The molecule has 0 atom stereocenters. The van der Waals surface area contributed by atoms with Gasteiger partial charge in [-0.05, 0) is 35.3 Å². The van der Waals surface area contributed by atoms with Gasteiger partial charge in [-0.1, -0.05) is 15.9 Å². The second-order valence-electron chi connectivity index (χ2n) is 3.34. The molecule has 0 saturated carbocycles. The highest BCUT2D eigenvalue weighted by Crippen LogP contribution is 2.29. The third kappa shape index (κ3) is 2.50. The lowest BCUT2D eigenvalue weighted by atomic mass is 10.00. The Morgan fingerprint density at radius 1 is 1.56 bits per heavy atom. The van der Waals surface area contributed by atoms with Crippen molar-refractivity contribution in [3.63, 3.8) is 0 Å². The number of hydrogen-bond acceptors (Lipinski definition) is 4. The maximum absolute atomic E-state index is 11.6. The Labute approximate surface area is 110 Å². The fourth-order valence-electron chi connectivity index (χ4n) is 1.39. The Bertz CT molecular complexity index is 553. The predicted octanol–water partition coefficient (Wildman–Crippen LogP) is 3.54. The van der Waals surface area contributed by atoms with E-state index in [1.54, 1.807) is 12.2 Å². The van der Waals surface area contributed by atoms with Gasteiger partial charge in [-0.2, -0.15) is 0 Å². The van der Waals surface area contributed by atoms with Gasteiger partial charge in [0.05, 0.1) is 4.88 Å². The summed E-state index contributed by atoms with van der Waals surface area (Å²) in [5, 5.41) is 9.51. The molecule has 1 heterocycles. The molecular formula is C10H8BrNO2S2. The zero-order valence-corrected chi connectivity index (χ0v) is 11.3. The second-order valence-corrected chi connectivity index (χ2v) is 6.08. The van der Waals surface area contributed by atoms with Crippen molar-refractivity contribution in [3.8, 4) is 5.88 Å². The average Bonchev–Trinajstić information content (AvgIpc) is 2.51. The third-order valence-corrected chi connectivity index (χ3v) is 3.96. The zero-order valence-electron chi connectivity index (χ0n) is 8.12. The number of allylic oxidation sites excluding steroid dienone is 3. The average molecular weight is 318 g/mol. The molecule has 2 N–H and O–H groups in total. The van der Waals surface area contributed by atoms with Crippen molar-refractivity contribution in [3.05, 3.63) is 25.0 Å². The molecule has 0 unspecified atom stereocenters. The number of carbonyl (C=O) groups is 1. The summed E-state index contributed by atoms with van der Waals surface area (Å²) >= 11 is 9.53. The van der Waals surface area contributed by atoms with Crippen LogP contribution in [0.1, 0.15) is 17.7 Å². The van der Waals surface area contributed by atoms with Gasteiger partial charge in [0.15, 0.2) is 9.74 Å². The van der Waals surface area contributed by atoms with Gasteiger partial charge in [0.25, 0.3) is 0 Å². The highest BCUT2D eigenvalue weighted by atomic mass is 79.9. The molecule has 0 aromatic carbocycles. The van der Waals surface area contributed by atoms with Crippen molar-refractivity contribution in [2.24, 2.45) is 0 Å². The molecule has 0 aliphatic heterocycles. The molecule has 0 bridgehead atoms. The van der Waals surface area contributed by atoms with Crippen molar-refractivity contribution in [1.29, 1.82) is 0 Å². The summed E-state index contributed by atoms with van der Waals surface area (Å²) in [6.45, 7) is 0. The maximum Gasteiger partial charge on any atom is 0.207 e. The summed E-state index contributed by atoms with van der Waals surface area (Å²) in [5.74, 6) is 0.104. The third-order valence-electron chi connectivity index (χ3n) is 2.17. The van der Waals surface area contributed by atoms with Crippen molar-refractivity contribution < 1.29 is 9.90 Å². The van der Waals surface area contributed by atoms with Crippen molar-refractivity contribution in [2.75, 3.05) is 0 Å². The molecule has 16 heavy (non-hydrogen) atoms. The maximum atomic E-state index is 11.6. The number of aromatic hydroxyl groups is 1. The molecule has 1 aliphatic rings. The Kier molecular flexibility index (Phi) is 3.41. The van der Waals surface area contributed by atoms with E-state index >= 15 is 0 Å². The van der Waals surface area contributed by atoms with Gasteiger partial charge < -0.3 is 10.1 Å².